The summed E-state index contributed by atoms with van der Waals surface area (Å²) in [6.07, 6.45) is 0.742. The maximum absolute atomic E-state index is 12.9. The van der Waals surface area contributed by atoms with E-state index in [1.54, 1.807) is 12.1 Å². The predicted molar refractivity (Wildman–Crippen MR) is 70.8 cm³/mol. The first kappa shape index (κ1) is 12.8. The highest BCUT2D eigenvalue weighted by Gasteiger charge is 2.13. The number of aromatic nitrogens is 2. The van der Waals surface area contributed by atoms with Gasteiger partial charge in [-0.05, 0) is 30.8 Å². The third-order valence-corrected chi connectivity index (χ3v) is 2.86. The number of benzene rings is 1. The van der Waals surface area contributed by atoms with Crippen LogP contribution in [0.25, 0.3) is 11.3 Å². The van der Waals surface area contributed by atoms with E-state index in [-0.39, 0.29) is 5.82 Å². The van der Waals surface area contributed by atoms with Crippen LogP contribution in [0.1, 0.15) is 31.3 Å². The molecule has 0 aliphatic carbocycles. The number of aromatic amines is 1. The number of nitrogens with zero attached hydrogens (tertiary/aromatic N) is 1. The van der Waals surface area contributed by atoms with E-state index >= 15 is 0 Å². The van der Waals surface area contributed by atoms with Gasteiger partial charge in [-0.15, -0.1) is 0 Å². The fourth-order valence-corrected chi connectivity index (χ4v) is 1.87. The summed E-state index contributed by atoms with van der Waals surface area (Å²) in [5.74, 6) is 1.03. The largest absolute Gasteiger partial charge is 0.345 e. The Bertz CT molecular complexity index is 514. The van der Waals surface area contributed by atoms with Crippen LogP contribution in [0.2, 0.25) is 0 Å². The molecule has 1 aromatic heterocycles. The average Bonchev–Trinajstić information content (AvgIpc) is 2.75. The van der Waals surface area contributed by atoms with Crippen molar-refractivity contribution in [1.82, 2.24) is 9.97 Å². The van der Waals surface area contributed by atoms with E-state index in [0.29, 0.717) is 12.5 Å². The molecule has 0 radical (unpaired) electrons. The molecule has 3 N–H and O–H groups in total. The molecular formula is C14H18FN3. The highest BCUT2D eigenvalue weighted by atomic mass is 19.1. The Morgan fingerprint density at radius 3 is 2.50 bits per heavy atom. The molecule has 0 aliphatic heterocycles. The zero-order valence-corrected chi connectivity index (χ0v) is 10.7. The molecule has 0 spiro atoms. The summed E-state index contributed by atoms with van der Waals surface area (Å²) in [4.78, 5) is 7.91. The van der Waals surface area contributed by atoms with Crippen molar-refractivity contribution in [2.24, 2.45) is 5.73 Å². The number of nitrogens with one attached hydrogen (secondary N) is 1. The van der Waals surface area contributed by atoms with Crippen LogP contribution in [-0.2, 0) is 6.42 Å². The van der Waals surface area contributed by atoms with Crippen molar-refractivity contribution in [3.8, 4) is 11.3 Å². The smallest absolute Gasteiger partial charge is 0.123 e. The van der Waals surface area contributed by atoms with Crippen LogP contribution in [-0.4, -0.2) is 16.5 Å². The minimum Gasteiger partial charge on any atom is -0.345 e. The molecule has 2 rings (SSSR count). The van der Waals surface area contributed by atoms with E-state index in [9.17, 15) is 4.39 Å². The third-order valence-electron chi connectivity index (χ3n) is 2.86. The number of halogens is 1. The van der Waals surface area contributed by atoms with Crippen LogP contribution in [0, 0.1) is 5.82 Å². The summed E-state index contributed by atoms with van der Waals surface area (Å²) in [6, 6.07) is 6.39. The summed E-state index contributed by atoms with van der Waals surface area (Å²) in [5.41, 5.74) is 8.43. The van der Waals surface area contributed by atoms with Gasteiger partial charge < -0.3 is 10.7 Å². The second-order valence-electron chi connectivity index (χ2n) is 4.65. The van der Waals surface area contributed by atoms with Crippen LogP contribution < -0.4 is 5.73 Å². The lowest BCUT2D eigenvalue weighted by Gasteiger charge is -2.01. The Morgan fingerprint density at radius 1 is 1.28 bits per heavy atom. The second kappa shape index (κ2) is 5.31. The first-order valence-electron chi connectivity index (χ1n) is 6.16. The van der Waals surface area contributed by atoms with Crippen molar-refractivity contribution in [3.05, 3.63) is 41.6 Å². The fourth-order valence-electron chi connectivity index (χ4n) is 1.87. The summed E-state index contributed by atoms with van der Waals surface area (Å²) >= 11 is 0. The first-order chi connectivity index (χ1) is 8.61. The van der Waals surface area contributed by atoms with Gasteiger partial charge in [0, 0.05) is 23.6 Å². The van der Waals surface area contributed by atoms with E-state index in [1.165, 1.54) is 12.1 Å². The normalized spacial score (nSPS) is 11.2. The van der Waals surface area contributed by atoms with Crippen molar-refractivity contribution in [2.75, 3.05) is 6.54 Å². The van der Waals surface area contributed by atoms with Crippen molar-refractivity contribution < 1.29 is 4.39 Å². The minimum absolute atomic E-state index is 0.237. The standard InChI is InChI=1S/C14H18FN3/c1-9(2)14-17-12(7-8-16)13(18-14)10-3-5-11(15)6-4-10/h3-6,9H,7-8,16H2,1-2H3,(H,17,18). The van der Waals surface area contributed by atoms with Crippen LogP contribution in [0.3, 0.4) is 0 Å². The lowest BCUT2D eigenvalue weighted by atomic mass is 10.1. The number of H-pyrrole nitrogens is 1. The highest BCUT2D eigenvalue weighted by Crippen LogP contribution is 2.24. The molecule has 18 heavy (non-hydrogen) atoms. The fraction of sp³-hybridized carbons (Fsp3) is 0.357. The first-order valence-corrected chi connectivity index (χ1v) is 6.16. The summed E-state index contributed by atoms with van der Waals surface area (Å²) in [7, 11) is 0. The average molecular weight is 247 g/mol. The molecule has 96 valence electrons. The Morgan fingerprint density at radius 2 is 1.94 bits per heavy atom. The second-order valence-corrected chi connectivity index (χ2v) is 4.65. The molecule has 0 amide bonds. The van der Waals surface area contributed by atoms with Gasteiger partial charge in [0.05, 0.1) is 5.69 Å². The molecule has 0 fully saturated rings. The zero-order valence-electron chi connectivity index (χ0n) is 10.7. The molecule has 2 aromatic rings. The van der Waals surface area contributed by atoms with Gasteiger partial charge in [-0.25, -0.2) is 9.37 Å². The van der Waals surface area contributed by atoms with E-state index < -0.39 is 0 Å². The van der Waals surface area contributed by atoms with Crippen LogP contribution in [0.4, 0.5) is 4.39 Å². The molecule has 4 heteroatoms. The molecule has 0 saturated heterocycles. The molecule has 0 aliphatic rings. The monoisotopic (exact) mass is 247 g/mol. The zero-order chi connectivity index (χ0) is 13.1. The van der Waals surface area contributed by atoms with Gasteiger partial charge in [0.2, 0.25) is 0 Å². The topological polar surface area (TPSA) is 54.7 Å². The van der Waals surface area contributed by atoms with Crippen molar-refractivity contribution >= 4 is 0 Å². The van der Waals surface area contributed by atoms with Crippen LogP contribution in [0.5, 0.6) is 0 Å². The van der Waals surface area contributed by atoms with Gasteiger partial charge in [0.15, 0.2) is 0 Å². The van der Waals surface area contributed by atoms with Gasteiger partial charge in [0.25, 0.3) is 0 Å². The van der Waals surface area contributed by atoms with Crippen LogP contribution in [0.15, 0.2) is 24.3 Å². The predicted octanol–water partition coefficient (Wildman–Crippen LogP) is 2.84. The Balaban J connectivity index is 2.44. The van der Waals surface area contributed by atoms with Gasteiger partial charge in [-0.2, -0.15) is 0 Å². The summed E-state index contributed by atoms with van der Waals surface area (Å²) < 4.78 is 12.9. The Kier molecular flexibility index (Phi) is 3.77. The van der Waals surface area contributed by atoms with E-state index in [1.807, 2.05) is 0 Å². The number of hydrogen-bond acceptors (Lipinski definition) is 2. The van der Waals surface area contributed by atoms with Gasteiger partial charge in [0.1, 0.15) is 11.6 Å². The van der Waals surface area contributed by atoms with Gasteiger partial charge >= 0.3 is 0 Å². The highest BCUT2D eigenvalue weighted by molar-refractivity contribution is 5.62. The van der Waals surface area contributed by atoms with E-state index in [0.717, 1.165) is 29.2 Å². The number of rotatable bonds is 4. The van der Waals surface area contributed by atoms with Crippen molar-refractivity contribution in [2.45, 2.75) is 26.2 Å². The maximum Gasteiger partial charge on any atom is 0.123 e. The van der Waals surface area contributed by atoms with Crippen molar-refractivity contribution in [3.63, 3.8) is 0 Å². The van der Waals surface area contributed by atoms with E-state index in [2.05, 4.69) is 23.8 Å². The van der Waals surface area contributed by atoms with Gasteiger partial charge in [-0.1, -0.05) is 13.8 Å². The molecular weight excluding hydrogens is 229 g/mol. The Hall–Kier alpha value is -1.68. The number of hydrogen-bond donors (Lipinski definition) is 2. The SMILES string of the molecule is CC(C)c1nc(-c2ccc(F)cc2)c(CCN)[nH]1. The van der Waals surface area contributed by atoms with Crippen LogP contribution >= 0.6 is 0 Å². The quantitative estimate of drug-likeness (QED) is 0.872. The summed E-state index contributed by atoms with van der Waals surface area (Å²) in [5, 5.41) is 0. The molecule has 1 heterocycles. The van der Waals surface area contributed by atoms with E-state index in [4.69, 9.17) is 5.73 Å². The third kappa shape index (κ3) is 2.59. The Labute approximate surface area is 106 Å². The minimum atomic E-state index is -0.237. The molecule has 0 bridgehead atoms. The molecule has 3 nitrogen and oxygen atoms in total. The maximum atomic E-state index is 12.9. The molecule has 1 aromatic carbocycles. The van der Waals surface area contributed by atoms with Gasteiger partial charge in [-0.3, -0.25) is 0 Å². The molecule has 0 saturated carbocycles. The molecule has 0 atom stereocenters. The summed E-state index contributed by atoms with van der Waals surface area (Å²) in [6.45, 7) is 4.73. The number of imidazole rings is 1. The lowest BCUT2D eigenvalue weighted by Crippen LogP contribution is -2.04. The molecule has 0 unspecified atom stereocenters. The van der Waals surface area contributed by atoms with Crippen molar-refractivity contribution in [1.29, 1.82) is 0 Å². The lowest BCUT2D eigenvalue weighted by molar-refractivity contribution is 0.628. The number of nitrogens with two attached hydrogens (primary N) is 1.